The first-order chi connectivity index (χ1) is 19.7. The highest BCUT2D eigenvalue weighted by atomic mass is 32.2. The van der Waals surface area contributed by atoms with Gasteiger partial charge in [-0.3, -0.25) is 13.9 Å². The smallest absolute Gasteiger partial charge is 0.264 e. The van der Waals surface area contributed by atoms with Gasteiger partial charge in [-0.25, -0.2) is 8.42 Å². The average Bonchev–Trinajstić information content (AvgIpc) is 2.99. The molecule has 1 aliphatic rings. The number of carbonyl (C=O) groups excluding carboxylic acids is 2. The zero-order valence-electron chi connectivity index (χ0n) is 24.0. The van der Waals surface area contributed by atoms with Gasteiger partial charge in [-0.15, -0.1) is 0 Å². The molecule has 1 fully saturated rings. The van der Waals surface area contributed by atoms with Gasteiger partial charge in [-0.2, -0.15) is 0 Å². The molecule has 0 saturated heterocycles. The lowest BCUT2D eigenvalue weighted by molar-refractivity contribution is -0.139. The molecule has 0 unspecified atom stereocenters. The molecule has 2 amide bonds. The van der Waals surface area contributed by atoms with Gasteiger partial charge in [0, 0.05) is 12.6 Å². The van der Waals surface area contributed by atoms with E-state index in [4.69, 9.17) is 4.74 Å². The Labute approximate surface area is 243 Å². The maximum Gasteiger partial charge on any atom is 0.264 e. The first-order valence-electron chi connectivity index (χ1n) is 14.1. The van der Waals surface area contributed by atoms with Crippen molar-refractivity contribution in [3.63, 3.8) is 0 Å². The number of nitrogens with one attached hydrogen (secondary N) is 1. The van der Waals surface area contributed by atoms with Crippen molar-refractivity contribution in [2.45, 2.75) is 69.5 Å². The van der Waals surface area contributed by atoms with Crippen molar-refractivity contribution >= 4 is 27.5 Å². The van der Waals surface area contributed by atoms with Crippen LogP contribution >= 0.6 is 0 Å². The summed E-state index contributed by atoms with van der Waals surface area (Å²) in [6.07, 6.45) is 5.12. The summed E-state index contributed by atoms with van der Waals surface area (Å²) in [5.74, 6) is -0.109. The van der Waals surface area contributed by atoms with Gasteiger partial charge >= 0.3 is 0 Å². The van der Waals surface area contributed by atoms with Crippen LogP contribution < -0.4 is 14.4 Å². The number of benzene rings is 3. The highest BCUT2D eigenvalue weighted by molar-refractivity contribution is 7.92. The fourth-order valence-electron chi connectivity index (χ4n) is 5.08. The molecule has 0 radical (unpaired) electrons. The van der Waals surface area contributed by atoms with Crippen LogP contribution in [0.25, 0.3) is 0 Å². The van der Waals surface area contributed by atoms with Gasteiger partial charge in [0.1, 0.15) is 18.3 Å². The molecule has 218 valence electrons. The summed E-state index contributed by atoms with van der Waals surface area (Å²) in [6, 6.07) is 21.6. The molecule has 4 rings (SSSR count). The van der Waals surface area contributed by atoms with Crippen molar-refractivity contribution < 1.29 is 22.7 Å². The molecule has 1 saturated carbocycles. The van der Waals surface area contributed by atoms with Crippen LogP contribution in [0.15, 0.2) is 83.8 Å². The zero-order valence-corrected chi connectivity index (χ0v) is 24.8. The number of methoxy groups -OCH3 is 1. The average molecular weight is 578 g/mol. The van der Waals surface area contributed by atoms with E-state index < -0.39 is 28.5 Å². The number of anilines is 1. The molecule has 0 bridgehead atoms. The summed E-state index contributed by atoms with van der Waals surface area (Å²) >= 11 is 0. The minimum Gasteiger partial charge on any atom is -0.497 e. The summed E-state index contributed by atoms with van der Waals surface area (Å²) < 4.78 is 34.2. The maximum atomic E-state index is 14.1. The molecule has 41 heavy (non-hydrogen) atoms. The summed E-state index contributed by atoms with van der Waals surface area (Å²) in [4.78, 5) is 29.0. The Balaban J connectivity index is 1.67. The summed E-state index contributed by atoms with van der Waals surface area (Å²) in [5.41, 5.74) is 2.10. The van der Waals surface area contributed by atoms with Crippen molar-refractivity contribution in [3.8, 4) is 5.75 Å². The Morgan fingerprint density at radius 3 is 2.29 bits per heavy atom. The van der Waals surface area contributed by atoms with Crippen molar-refractivity contribution in [1.82, 2.24) is 10.2 Å². The quantitative estimate of drug-likeness (QED) is 0.344. The van der Waals surface area contributed by atoms with E-state index >= 15 is 0 Å². The standard InChI is InChI=1S/C32H39N3O5S/c1-24-17-19-28(20-18-24)35(41(38,39)30-15-8-5-9-16-30)23-31(36)34(22-26-11-10-14-29(21-26)40-3)25(2)32(37)33-27-12-6-4-7-13-27/h5,8-11,14-21,25,27H,4,6-7,12-13,22-23H2,1-3H3,(H,33,37)/t25-/m0/s1. The van der Waals surface area contributed by atoms with Crippen LogP contribution in [0.4, 0.5) is 5.69 Å². The van der Waals surface area contributed by atoms with Crippen LogP contribution in [-0.2, 0) is 26.2 Å². The van der Waals surface area contributed by atoms with E-state index in [1.807, 2.05) is 37.3 Å². The molecule has 3 aromatic carbocycles. The molecular weight excluding hydrogens is 538 g/mol. The number of nitrogens with zero attached hydrogens (tertiary/aromatic N) is 2. The van der Waals surface area contributed by atoms with E-state index in [1.165, 1.54) is 17.0 Å². The monoisotopic (exact) mass is 577 g/mol. The lowest BCUT2D eigenvalue weighted by Gasteiger charge is -2.33. The first-order valence-corrected chi connectivity index (χ1v) is 15.5. The number of sulfonamides is 1. The third-order valence-corrected chi connectivity index (χ3v) is 9.33. The van der Waals surface area contributed by atoms with Gasteiger partial charge in [-0.05, 0) is 68.7 Å². The van der Waals surface area contributed by atoms with Gasteiger partial charge in [-0.1, -0.05) is 67.3 Å². The number of hydrogen-bond donors (Lipinski definition) is 1. The number of hydrogen-bond acceptors (Lipinski definition) is 5. The van der Waals surface area contributed by atoms with Crippen LogP contribution in [0.5, 0.6) is 5.75 Å². The normalized spacial score (nSPS) is 14.6. The minimum absolute atomic E-state index is 0.0787. The second-order valence-corrected chi connectivity index (χ2v) is 12.4. The van der Waals surface area contributed by atoms with Gasteiger partial charge in [0.25, 0.3) is 10.0 Å². The number of carbonyl (C=O) groups is 2. The van der Waals surface area contributed by atoms with Crippen LogP contribution in [0.1, 0.15) is 50.2 Å². The van der Waals surface area contributed by atoms with Crippen molar-refractivity contribution in [2.75, 3.05) is 18.0 Å². The highest BCUT2D eigenvalue weighted by Gasteiger charge is 2.33. The van der Waals surface area contributed by atoms with Gasteiger partial charge in [0.15, 0.2) is 0 Å². The lowest BCUT2D eigenvalue weighted by atomic mass is 9.95. The highest BCUT2D eigenvalue weighted by Crippen LogP contribution is 2.25. The molecule has 0 aromatic heterocycles. The van der Waals surface area contributed by atoms with Gasteiger partial charge in [0.05, 0.1) is 17.7 Å². The van der Waals surface area contributed by atoms with Crippen molar-refractivity contribution in [3.05, 3.63) is 90.0 Å². The number of ether oxygens (including phenoxy) is 1. The molecule has 3 aromatic rings. The van der Waals surface area contributed by atoms with Crippen LogP contribution in [0.3, 0.4) is 0 Å². The van der Waals surface area contributed by atoms with Gasteiger partial charge in [0.2, 0.25) is 11.8 Å². The van der Waals surface area contributed by atoms with E-state index in [1.54, 1.807) is 50.4 Å². The lowest BCUT2D eigenvalue weighted by Crippen LogP contribution is -2.53. The summed E-state index contributed by atoms with van der Waals surface area (Å²) in [5, 5.41) is 3.12. The van der Waals surface area contributed by atoms with E-state index in [-0.39, 0.29) is 23.4 Å². The van der Waals surface area contributed by atoms with E-state index in [9.17, 15) is 18.0 Å². The Bertz CT molecular complexity index is 1420. The predicted octanol–water partition coefficient (Wildman–Crippen LogP) is 5.07. The molecule has 0 spiro atoms. The second kappa shape index (κ2) is 13.7. The third-order valence-electron chi connectivity index (χ3n) is 7.54. The zero-order chi connectivity index (χ0) is 29.4. The summed E-state index contributed by atoms with van der Waals surface area (Å²) in [6.45, 7) is 3.25. The number of rotatable bonds is 11. The molecule has 1 N–H and O–H groups in total. The first kappa shape index (κ1) is 30.1. The van der Waals surface area contributed by atoms with E-state index in [2.05, 4.69) is 5.32 Å². The molecule has 0 heterocycles. The Morgan fingerprint density at radius 1 is 0.951 bits per heavy atom. The SMILES string of the molecule is COc1cccc(CN(C(=O)CN(c2ccc(C)cc2)S(=O)(=O)c2ccccc2)[C@@H](C)C(=O)NC2CCCCC2)c1. The van der Waals surface area contributed by atoms with Crippen LogP contribution in [0.2, 0.25) is 0 Å². The number of amides is 2. The molecule has 0 aliphatic heterocycles. The largest absolute Gasteiger partial charge is 0.497 e. The van der Waals surface area contributed by atoms with E-state index in [0.717, 1.165) is 47.5 Å². The number of aryl methyl sites for hydroxylation is 1. The van der Waals surface area contributed by atoms with Gasteiger partial charge < -0.3 is 15.0 Å². The predicted molar refractivity (Wildman–Crippen MR) is 160 cm³/mol. The molecule has 1 aliphatic carbocycles. The van der Waals surface area contributed by atoms with Crippen molar-refractivity contribution in [2.24, 2.45) is 0 Å². The summed E-state index contributed by atoms with van der Waals surface area (Å²) in [7, 11) is -2.52. The molecule has 9 heteroatoms. The Morgan fingerprint density at radius 2 is 1.63 bits per heavy atom. The molecule has 1 atom stereocenters. The Kier molecular flexibility index (Phi) is 10.0. The van der Waals surface area contributed by atoms with E-state index in [0.29, 0.717) is 11.4 Å². The minimum atomic E-state index is -4.08. The third kappa shape index (κ3) is 7.67. The molecule has 8 nitrogen and oxygen atoms in total. The van der Waals surface area contributed by atoms with Crippen molar-refractivity contribution in [1.29, 1.82) is 0 Å². The fourth-order valence-corrected chi connectivity index (χ4v) is 6.51. The fraction of sp³-hybridized carbons (Fsp3) is 0.375. The maximum absolute atomic E-state index is 14.1. The Hall–Kier alpha value is -3.85. The van der Waals surface area contributed by atoms with Crippen LogP contribution in [-0.4, -0.2) is 50.9 Å². The van der Waals surface area contributed by atoms with Crippen LogP contribution in [0, 0.1) is 6.92 Å². The topological polar surface area (TPSA) is 96.0 Å². The molecular formula is C32H39N3O5S. The second-order valence-electron chi connectivity index (χ2n) is 10.6.